The molecule has 1 N–H and O–H groups in total. The van der Waals surface area contributed by atoms with E-state index in [9.17, 15) is 0 Å². The number of rotatable bonds is 6. The Balaban J connectivity index is 2.22. The van der Waals surface area contributed by atoms with E-state index >= 15 is 0 Å². The third kappa shape index (κ3) is 3.47. The molecule has 2 heteroatoms. The van der Waals surface area contributed by atoms with Gasteiger partial charge >= 0.3 is 0 Å². The molecule has 0 aliphatic rings. The lowest BCUT2D eigenvalue weighted by Gasteiger charge is -2.19. The van der Waals surface area contributed by atoms with Crippen molar-refractivity contribution in [3.63, 3.8) is 0 Å². The van der Waals surface area contributed by atoms with Gasteiger partial charge in [-0.15, -0.1) is 0 Å². The van der Waals surface area contributed by atoms with Gasteiger partial charge in [-0.25, -0.2) is 0 Å². The van der Waals surface area contributed by atoms with Crippen molar-refractivity contribution in [2.24, 2.45) is 0 Å². The molecule has 2 rings (SSSR count). The molecule has 0 spiro atoms. The Morgan fingerprint density at radius 2 is 1.75 bits per heavy atom. The molecular weight excluding hydrogens is 246 g/mol. The monoisotopic (exact) mass is 269 g/mol. The van der Waals surface area contributed by atoms with E-state index in [0.29, 0.717) is 0 Å². The highest BCUT2D eigenvalue weighted by Crippen LogP contribution is 2.24. The highest BCUT2D eigenvalue weighted by molar-refractivity contribution is 5.37. The van der Waals surface area contributed by atoms with E-state index in [4.69, 9.17) is 4.74 Å². The molecule has 0 saturated carbocycles. The fourth-order valence-corrected chi connectivity index (χ4v) is 2.51. The number of methoxy groups -OCH3 is 1. The molecule has 0 fully saturated rings. The Hall–Kier alpha value is -1.64. The Bertz CT molecular complexity index is 533. The molecule has 20 heavy (non-hydrogen) atoms. The van der Waals surface area contributed by atoms with Gasteiger partial charge in [-0.1, -0.05) is 48.5 Å². The summed E-state index contributed by atoms with van der Waals surface area (Å²) >= 11 is 0. The van der Waals surface area contributed by atoms with Gasteiger partial charge < -0.3 is 10.1 Å². The second kappa shape index (κ2) is 7.22. The van der Waals surface area contributed by atoms with Gasteiger partial charge in [-0.2, -0.15) is 0 Å². The molecule has 0 saturated heterocycles. The van der Waals surface area contributed by atoms with Crippen LogP contribution in [0.4, 0.5) is 0 Å². The molecule has 1 unspecified atom stereocenters. The fraction of sp³-hybridized carbons (Fsp3) is 0.333. The first kappa shape index (κ1) is 14.8. The van der Waals surface area contributed by atoms with Crippen molar-refractivity contribution >= 4 is 0 Å². The fourth-order valence-electron chi connectivity index (χ4n) is 2.51. The van der Waals surface area contributed by atoms with E-state index in [1.165, 1.54) is 22.3 Å². The van der Waals surface area contributed by atoms with Gasteiger partial charge in [-0.3, -0.25) is 0 Å². The van der Waals surface area contributed by atoms with Crippen LogP contribution in [0.2, 0.25) is 0 Å². The maximum Gasteiger partial charge on any atom is 0.0576 e. The lowest BCUT2D eigenvalue weighted by molar-refractivity contribution is 0.202. The number of nitrogens with one attached hydrogen (secondary N) is 1. The number of hydrogen-bond acceptors (Lipinski definition) is 2. The predicted octanol–water partition coefficient (Wildman–Crippen LogP) is 3.49. The molecular formula is C18H23NO. The van der Waals surface area contributed by atoms with E-state index in [2.05, 4.69) is 60.8 Å². The number of ether oxygens (including phenoxy) is 1. The van der Waals surface area contributed by atoms with Crippen molar-refractivity contribution in [3.8, 4) is 0 Å². The molecule has 2 nitrogen and oxygen atoms in total. The Morgan fingerprint density at radius 3 is 2.35 bits per heavy atom. The van der Waals surface area contributed by atoms with E-state index in [-0.39, 0.29) is 6.04 Å². The number of hydrogen-bond donors (Lipinski definition) is 1. The lowest BCUT2D eigenvalue weighted by atomic mass is 9.94. The van der Waals surface area contributed by atoms with E-state index in [1.54, 1.807) is 7.11 Å². The van der Waals surface area contributed by atoms with Crippen LogP contribution in [0.3, 0.4) is 0 Å². The molecule has 0 aliphatic heterocycles. The Labute approximate surface area is 121 Å². The van der Waals surface area contributed by atoms with Crippen LogP contribution in [0, 0.1) is 6.92 Å². The normalized spacial score (nSPS) is 12.3. The van der Waals surface area contributed by atoms with Gasteiger partial charge in [-0.05, 0) is 42.6 Å². The van der Waals surface area contributed by atoms with Crippen molar-refractivity contribution < 1.29 is 4.74 Å². The van der Waals surface area contributed by atoms with Crippen molar-refractivity contribution in [1.82, 2.24) is 5.32 Å². The average Bonchev–Trinajstić information content (AvgIpc) is 2.49. The van der Waals surface area contributed by atoms with Crippen molar-refractivity contribution in [3.05, 3.63) is 70.8 Å². The lowest BCUT2D eigenvalue weighted by Crippen LogP contribution is -2.18. The molecule has 0 aliphatic carbocycles. The molecule has 106 valence electrons. The third-order valence-electron chi connectivity index (χ3n) is 3.70. The summed E-state index contributed by atoms with van der Waals surface area (Å²) < 4.78 is 5.12. The van der Waals surface area contributed by atoms with Crippen LogP contribution in [-0.4, -0.2) is 20.8 Å². The van der Waals surface area contributed by atoms with Crippen LogP contribution in [0.5, 0.6) is 0 Å². The molecule has 1 atom stereocenters. The third-order valence-corrected chi connectivity index (χ3v) is 3.70. The van der Waals surface area contributed by atoms with Gasteiger partial charge in [0.1, 0.15) is 0 Å². The van der Waals surface area contributed by atoms with Gasteiger partial charge in [0.2, 0.25) is 0 Å². The van der Waals surface area contributed by atoms with Crippen LogP contribution >= 0.6 is 0 Å². The highest BCUT2D eigenvalue weighted by atomic mass is 16.5. The van der Waals surface area contributed by atoms with Crippen LogP contribution < -0.4 is 5.32 Å². The van der Waals surface area contributed by atoms with Crippen LogP contribution in [0.15, 0.2) is 48.5 Å². The summed E-state index contributed by atoms with van der Waals surface area (Å²) in [6, 6.07) is 17.6. The zero-order valence-electron chi connectivity index (χ0n) is 12.5. The summed E-state index contributed by atoms with van der Waals surface area (Å²) in [4.78, 5) is 0. The first-order chi connectivity index (χ1) is 9.76. The average molecular weight is 269 g/mol. The minimum Gasteiger partial charge on any atom is -0.384 e. The van der Waals surface area contributed by atoms with Crippen molar-refractivity contribution in [2.75, 3.05) is 20.8 Å². The molecule has 0 aromatic heterocycles. The second-order valence-corrected chi connectivity index (χ2v) is 5.06. The van der Waals surface area contributed by atoms with E-state index < -0.39 is 0 Å². The molecule has 2 aromatic carbocycles. The van der Waals surface area contributed by atoms with Crippen LogP contribution in [-0.2, 0) is 11.2 Å². The molecule has 0 bridgehead atoms. The summed E-state index contributed by atoms with van der Waals surface area (Å²) in [6.45, 7) is 2.93. The van der Waals surface area contributed by atoms with Gasteiger partial charge in [0.05, 0.1) is 12.6 Å². The SMILES string of the molecule is CNC(c1ccc(CCOC)cc1)c1ccccc1C. The number of aryl methyl sites for hydroxylation is 1. The first-order valence-electron chi connectivity index (χ1n) is 7.07. The first-order valence-corrected chi connectivity index (χ1v) is 7.07. The van der Waals surface area contributed by atoms with Gasteiger partial charge in [0, 0.05) is 7.11 Å². The molecule has 0 radical (unpaired) electrons. The van der Waals surface area contributed by atoms with Crippen LogP contribution in [0.1, 0.15) is 28.3 Å². The summed E-state index contributed by atoms with van der Waals surface area (Å²) in [7, 11) is 3.75. The Kier molecular flexibility index (Phi) is 5.33. The minimum atomic E-state index is 0.243. The summed E-state index contributed by atoms with van der Waals surface area (Å²) in [5, 5.41) is 3.41. The van der Waals surface area contributed by atoms with E-state index in [0.717, 1.165) is 13.0 Å². The van der Waals surface area contributed by atoms with Crippen LogP contribution in [0.25, 0.3) is 0 Å². The van der Waals surface area contributed by atoms with Gasteiger partial charge in [0.15, 0.2) is 0 Å². The summed E-state index contributed by atoms with van der Waals surface area (Å²) in [5.74, 6) is 0. The maximum atomic E-state index is 5.12. The predicted molar refractivity (Wildman–Crippen MR) is 84.1 cm³/mol. The van der Waals surface area contributed by atoms with E-state index in [1.807, 2.05) is 7.05 Å². The Morgan fingerprint density at radius 1 is 1.05 bits per heavy atom. The van der Waals surface area contributed by atoms with Crippen molar-refractivity contribution in [2.45, 2.75) is 19.4 Å². The largest absolute Gasteiger partial charge is 0.384 e. The second-order valence-electron chi connectivity index (χ2n) is 5.06. The maximum absolute atomic E-state index is 5.12. The van der Waals surface area contributed by atoms with Gasteiger partial charge in [0.25, 0.3) is 0 Å². The molecule has 0 heterocycles. The smallest absolute Gasteiger partial charge is 0.0576 e. The van der Waals surface area contributed by atoms with Crippen molar-refractivity contribution in [1.29, 1.82) is 0 Å². The summed E-state index contributed by atoms with van der Waals surface area (Å²) in [5.41, 5.74) is 5.26. The topological polar surface area (TPSA) is 21.3 Å². The number of benzene rings is 2. The molecule has 2 aromatic rings. The zero-order valence-corrected chi connectivity index (χ0v) is 12.5. The minimum absolute atomic E-state index is 0.243. The highest BCUT2D eigenvalue weighted by Gasteiger charge is 2.13. The molecule has 0 amide bonds. The summed E-state index contributed by atoms with van der Waals surface area (Å²) in [6.07, 6.45) is 0.964. The standard InChI is InChI=1S/C18H23NO/c1-14-6-4-5-7-17(14)18(19-2)16-10-8-15(9-11-16)12-13-20-3/h4-11,18-19H,12-13H2,1-3H3. The quantitative estimate of drug-likeness (QED) is 0.866. The zero-order chi connectivity index (χ0) is 14.4.